The van der Waals surface area contributed by atoms with E-state index >= 15 is 0 Å². The monoisotopic (exact) mass is 262 g/mol. The highest BCUT2D eigenvalue weighted by Gasteiger charge is 2.06. The lowest BCUT2D eigenvalue weighted by atomic mass is 10.2. The minimum absolute atomic E-state index is 0.117. The summed E-state index contributed by atoms with van der Waals surface area (Å²) in [6.07, 6.45) is 5.07. The van der Waals surface area contributed by atoms with E-state index in [1.165, 1.54) is 0 Å². The van der Waals surface area contributed by atoms with Crippen molar-refractivity contribution in [1.82, 2.24) is 10.6 Å². The average Bonchev–Trinajstić information content (AvgIpc) is 2.45. The molecule has 0 atom stereocenters. The molecule has 0 aliphatic carbocycles. The van der Waals surface area contributed by atoms with Crippen molar-refractivity contribution in [3.8, 4) is 23.8 Å². The summed E-state index contributed by atoms with van der Waals surface area (Å²) in [5.41, 5.74) is 0.883. The Morgan fingerprint density at radius 3 is 2.79 bits per heavy atom. The summed E-state index contributed by atoms with van der Waals surface area (Å²) >= 11 is 0. The minimum Gasteiger partial charge on any atom is -0.497 e. The first-order valence-electron chi connectivity index (χ1n) is 5.83. The Morgan fingerprint density at radius 1 is 1.37 bits per heavy atom. The molecule has 0 saturated carbocycles. The van der Waals surface area contributed by atoms with E-state index in [4.69, 9.17) is 15.9 Å². The van der Waals surface area contributed by atoms with Crippen molar-refractivity contribution in [2.75, 3.05) is 27.3 Å². The predicted molar refractivity (Wildman–Crippen MR) is 73.1 cm³/mol. The number of benzene rings is 1. The molecule has 0 spiro atoms. The summed E-state index contributed by atoms with van der Waals surface area (Å²) in [4.78, 5) is 11.5. The van der Waals surface area contributed by atoms with Crippen LogP contribution in [0.2, 0.25) is 0 Å². The van der Waals surface area contributed by atoms with E-state index in [1.54, 1.807) is 20.3 Å². The third-order valence-corrected chi connectivity index (χ3v) is 2.48. The number of nitrogens with one attached hydrogen (secondary N) is 2. The summed E-state index contributed by atoms with van der Waals surface area (Å²) in [6, 6.07) is 5.45. The summed E-state index contributed by atoms with van der Waals surface area (Å²) in [5.74, 6) is 3.67. The van der Waals surface area contributed by atoms with Crippen molar-refractivity contribution >= 4 is 5.91 Å². The van der Waals surface area contributed by atoms with Crippen LogP contribution in [-0.2, 0) is 11.3 Å². The van der Waals surface area contributed by atoms with Gasteiger partial charge in [-0.3, -0.25) is 10.1 Å². The number of methoxy groups -OCH3 is 2. The molecule has 1 amide bonds. The zero-order chi connectivity index (χ0) is 14.1. The first-order chi connectivity index (χ1) is 9.21. The van der Waals surface area contributed by atoms with Crippen LogP contribution in [0.15, 0.2) is 18.2 Å². The van der Waals surface area contributed by atoms with Crippen molar-refractivity contribution in [2.45, 2.75) is 6.54 Å². The molecule has 0 heterocycles. The summed E-state index contributed by atoms with van der Waals surface area (Å²) < 4.78 is 10.4. The van der Waals surface area contributed by atoms with Crippen LogP contribution < -0.4 is 20.1 Å². The molecule has 1 aromatic rings. The van der Waals surface area contributed by atoms with Crippen molar-refractivity contribution in [3.63, 3.8) is 0 Å². The molecule has 102 valence electrons. The zero-order valence-corrected chi connectivity index (χ0v) is 11.2. The molecule has 0 aliphatic heterocycles. The number of carbonyl (C=O) groups is 1. The van der Waals surface area contributed by atoms with Gasteiger partial charge in [-0.1, -0.05) is 5.92 Å². The third kappa shape index (κ3) is 4.90. The molecule has 1 rings (SSSR count). The van der Waals surface area contributed by atoms with Crippen LogP contribution in [0.1, 0.15) is 5.56 Å². The fourth-order valence-electron chi connectivity index (χ4n) is 1.50. The topological polar surface area (TPSA) is 59.6 Å². The Hall–Kier alpha value is -2.19. The van der Waals surface area contributed by atoms with Gasteiger partial charge in [0.15, 0.2) is 0 Å². The Morgan fingerprint density at radius 2 is 2.16 bits per heavy atom. The van der Waals surface area contributed by atoms with Crippen LogP contribution in [-0.4, -0.2) is 33.2 Å². The highest BCUT2D eigenvalue weighted by atomic mass is 16.5. The average molecular weight is 262 g/mol. The Bertz CT molecular complexity index is 466. The van der Waals surface area contributed by atoms with Crippen LogP contribution in [0.4, 0.5) is 0 Å². The SMILES string of the molecule is C#CCNCC(=O)NCc1ccc(OC)cc1OC. The van der Waals surface area contributed by atoms with Crippen LogP contribution >= 0.6 is 0 Å². The molecule has 5 nitrogen and oxygen atoms in total. The van der Waals surface area contributed by atoms with Gasteiger partial charge in [0.2, 0.25) is 5.91 Å². The van der Waals surface area contributed by atoms with Gasteiger partial charge in [0.25, 0.3) is 0 Å². The Kier molecular flexibility index (Phi) is 6.27. The third-order valence-electron chi connectivity index (χ3n) is 2.48. The van der Waals surface area contributed by atoms with Crippen LogP contribution in [0.3, 0.4) is 0 Å². The van der Waals surface area contributed by atoms with Gasteiger partial charge in [-0.25, -0.2) is 0 Å². The Labute approximate surface area is 113 Å². The van der Waals surface area contributed by atoms with Gasteiger partial charge in [-0.15, -0.1) is 6.42 Å². The standard InChI is InChI=1S/C14H18N2O3/c1-4-7-15-10-14(17)16-9-11-5-6-12(18-2)8-13(11)19-3/h1,5-6,8,15H,7,9-10H2,2-3H3,(H,16,17). The number of terminal acetylenes is 1. The van der Waals surface area contributed by atoms with Gasteiger partial charge in [0.05, 0.1) is 27.3 Å². The molecule has 0 aliphatic rings. The van der Waals surface area contributed by atoms with E-state index in [9.17, 15) is 4.79 Å². The van der Waals surface area contributed by atoms with Gasteiger partial charge in [-0.2, -0.15) is 0 Å². The minimum atomic E-state index is -0.117. The highest BCUT2D eigenvalue weighted by molar-refractivity contribution is 5.78. The van der Waals surface area contributed by atoms with Crippen LogP contribution in [0.5, 0.6) is 11.5 Å². The van der Waals surface area contributed by atoms with E-state index < -0.39 is 0 Å². The molecule has 0 fully saturated rings. The predicted octanol–water partition coefficient (Wildman–Crippen LogP) is 0.543. The van der Waals surface area contributed by atoms with Crippen molar-refractivity contribution in [2.24, 2.45) is 0 Å². The number of ether oxygens (including phenoxy) is 2. The molecule has 0 saturated heterocycles. The quantitative estimate of drug-likeness (QED) is 0.556. The number of rotatable bonds is 7. The van der Waals surface area contributed by atoms with Gasteiger partial charge in [0, 0.05) is 18.2 Å². The molecule has 5 heteroatoms. The largest absolute Gasteiger partial charge is 0.497 e. The second kappa shape index (κ2) is 8.01. The lowest BCUT2D eigenvalue weighted by Gasteiger charge is -2.11. The molecule has 19 heavy (non-hydrogen) atoms. The zero-order valence-electron chi connectivity index (χ0n) is 11.2. The van der Waals surface area contributed by atoms with Gasteiger partial charge in [-0.05, 0) is 12.1 Å². The summed E-state index contributed by atoms with van der Waals surface area (Å²) in [7, 11) is 3.17. The van der Waals surface area contributed by atoms with E-state index in [-0.39, 0.29) is 12.5 Å². The van der Waals surface area contributed by atoms with Crippen LogP contribution in [0, 0.1) is 12.3 Å². The number of carbonyl (C=O) groups excluding carboxylic acids is 1. The first kappa shape index (κ1) is 14.9. The van der Waals surface area contributed by atoms with Gasteiger partial charge in [0.1, 0.15) is 11.5 Å². The normalized spacial score (nSPS) is 9.53. The van der Waals surface area contributed by atoms with E-state index in [0.29, 0.717) is 24.6 Å². The second-order valence-corrected chi connectivity index (χ2v) is 3.76. The molecule has 0 aromatic heterocycles. The maximum atomic E-state index is 11.5. The fourth-order valence-corrected chi connectivity index (χ4v) is 1.50. The van der Waals surface area contributed by atoms with Crippen molar-refractivity contribution in [1.29, 1.82) is 0 Å². The van der Waals surface area contributed by atoms with Crippen molar-refractivity contribution in [3.05, 3.63) is 23.8 Å². The lowest BCUT2D eigenvalue weighted by Crippen LogP contribution is -2.33. The van der Waals surface area contributed by atoms with E-state index in [0.717, 1.165) is 5.56 Å². The van der Waals surface area contributed by atoms with Crippen LogP contribution in [0.25, 0.3) is 0 Å². The Balaban J connectivity index is 2.53. The smallest absolute Gasteiger partial charge is 0.234 e. The molecule has 0 bridgehead atoms. The van der Waals surface area contributed by atoms with Gasteiger partial charge < -0.3 is 14.8 Å². The first-order valence-corrected chi connectivity index (χ1v) is 5.83. The molecular weight excluding hydrogens is 244 g/mol. The molecule has 1 aromatic carbocycles. The lowest BCUT2D eigenvalue weighted by molar-refractivity contribution is -0.120. The molecule has 0 unspecified atom stereocenters. The molecule has 2 N–H and O–H groups in total. The number of hydrogen-bond donors (Lipinski definition) is 2. The maximum absolute atomic E-state index is 11.5. The van der Waals surface area contributed by atoms with E-state index in [2.05, 4.69) is 16.6 Å². The molecule has 0 radical (unpaired) electrons. The number of hydrogen-bond acceptors (Lipinski definition) is 4. The highest BCUT2D eigenvalue weighted by Crippen LogP contribution is 2.24. The molecular formula is C14H18N2O3. The number of amides is 1. The van der Waals surface area contributed by atoms with Crippen molar-refractivity contribution < 1.29 is 14.3 Å². The maximum Gasteiger partial charge on any atom is 0.234 e. The summed E-state index contributed by atoms with van der Waals surface area (Å²) in [5, 5.41) is 5.60. The fraction of sp³-hybridized carbons (Fsp3) is 0.357. The van der Waals surface area contributed by atoms with Gasteiger partial charge >= 0.3 is 0 Å². The van der Waals surface area contributed by atoms with E-state index in [1.807, 2.05) is 12.1 Å². The summed E-state index contributed by atoms with van der Waals surface area (Å²) in [6.45, 7) is 0.964. The second-order valence-electron chi connectivity index (χ2n) is 3.76.